The maximum atomic E-state index is 12.2. The summed E-state index contributed by atoms with van der Waals surface area (Å²) < 4.78 is 10.4. The van der Waals surface area contributed by atoms with Crippen LogP contribution in [0.3, 0.4) is 0 Å². The molecule has 2 aromatic rings. The zero-order valence-corrected chi connectivity index (χ0v) is 14.4. The minimum atomic E-state index is -0.422. The van der Waals surface area contributed by atoms with Gasteiger partial charge >= 0.3 is 12.1 Å². The summed E-state index contributed by atoms with van der Waals surface area (Å²) in [7, 11) is 1.63. The lowest BCUT2D eigenvalue weighted by Crippen LogP contribution is -2.32. The Labute approximate surface area is 154 Å². The molecule has 5 heteroatoms. The molecular weight excluding hydrogens is 330 g/mol. The van der Waals surface area contributed by atoms with Crippen molar-refractivity contribution in [2.24, 2.45) is 0 Å². The van der Waals surface area contributed by atoms with E-state index in [4.69, 9.17) is 9.47 Å². The van der Waals surface area contributed by atoms with Crippen molar-refractivity contribution in [2.45, 2.75) is 20.3 Å². The van der Waals surface area contributed by atoms with Crippen LogP contribution in [0, 0.1) is 0 Å². The molecule has 0 radical (unpaired) electrons. The van der Waals surface area contributed by atoms with Gasteiger partial charge in [-0.1, -0.05) is 56.0 Å². The van der Waals surface area contributed by atoms with Gasteiger partial charge in [0, 0.05) is 19.9 Å². The molecule has 0 aliphatic heterocycles. The Kier molecular flexibility index (Phi) is 6.39. The minimum Gasteiger partial charge on any atom is -0.464 e. The average Bonchev–Trinajstić information content (AvgIpc) is 2.93. The molecule has 1 aliphatic rings. The predicted octanol–water partition coefficient (Wildman–Crippen LogP) is 4.07. The van der Waals surface area contributed by atoms with Crippen LogP contribution in [0.4, 0.5) is 4.79 Å². The van der Waals surface area contributed by atoms with E-state index in [2.05, 4.69) is 24.3 Å². The van der Waals surface area contributed by atoms with Gasteiger partial charge in [-0.15, -0.1) is 0 Å². The predicted molar refractivity (Wildman–Crippen MR) is 101 cm³/mol. The van der Waals surface area contributed by atoms with E-state index < -0.39 is 6.09 Å². The second-order valence-corrected chi connectivity index (χ2v) is 6.07. The number of benzene rings is 2. The summed E-state index contributed by atoms with van der Waals surface area (Å²) in [6.45, 7) is 2.09. The second kappa shape index (κ2) is 8.52. The van der Waals surface area contributed by atoms with Crippen molar-refractivity contribution in [1.82, 2.24) is 4.90 Å². The van der Waals surface area contributed by atoms with Crippen LogP contribution in [0.25, 0.3) is 11.1 Å². The lowest BCUT2D eigenvalue weighted by atomic mass is 9.98. The number of hydrogen-bond acceptors (Lipinski definition) is 4. The molecule has 1 amide bonds. The van der Waals surface area contributed by atoms with Gasteiger partial charge in [0.05, 0.1) is 6.54 Å². The molecular formula is C21H25NO4. The van der Waals surface area contributed by atoms with Gasteiger partial charge in [0.1, 0.15) is 13.2 Å². The lowest BCUT2D eigenvalue weighted by molar-refractivity contribution is -0.141. The smallest absolute Gasteiger partial charge is 0.409 e. The summed E-state index contributed by atoms with van der Waals surface area (Å²) in [5, 5.41) is 0. The van der Waals surface area contributed by atoms with Crippen LogP contribution in [-0.2, 0) is 14.3 Å². The number of carbonyl (C=O) groups is 2. The highest BCUT2D eigenvalue weighted by Gasteiger charge is 2.29. The number of amides is 1. The molecule has 0 fully saturated rings. The van der Waals surface area contributed by atoms with Crippen LogP contribution in [0.15, 0.2) is 48.5 Å². The summed E-state index contributed by atoms with van der Waals surface area (Å²) in [6.07, 6.45) is -0.422. The Hall–Kier alpha value is -2.82. The fourth-order valence-corrected chi connectivity index (χ4v) is 3.12. The highest BCUT2D eigenvalue weighted by Crippen LogP contribution is 2.44. The molecule has 0 aromatic heterocycles. The third-order valence-electron chi connectivity index (χ3n) is 4.38. The quantitative estimate of drug-likeness (QED) is 0.759. The molecule has 5 nitrogen and oxygen atoms in total. The number of esters is 1. The molecule has 26 heavy (non-hydrogen) atoms. The number of carbonyl (C=O) groups excluding carboxylic acids is 2. The van der Waals surface area contributed by atoms with Crippen LogP contribution < -0.4 is 0 Å². The van der Waals surface area contributed by atoms with E-state index in [1.165, 1.54) is 34.1 Å². The van der Waals surface area contributed by atoms with Gasteiger partial charge in [0.15, 0.2) is 0 Å². The maximum absolute atomic E-state index is 12.2. The summed E-state index contributed by atoms with van der Waals surface area (Å²) in [5.74, 6) is -0.320. The fraction of sp³-hybridized carbons (Fsp3) is 0.333. The van der Waals surface area contributed by atoms with Gasteiger partial charge < -0.3 is 14.4 Å². The van der Waals surface area contributed by atoms with Crippen molar-refractivity contribution in [3.63, 3.8) is 0 Å². The Morgan fingerprint density at radius 3 is 2.04 bits per heavy atom. The Morgan fingerprint density at radius 2 is 1.50 bits per heavy atom. The van der Waals surface area contributed by atoms with Crippen LogP contribution in [-0.4, -0.2) is 43.8 Å². The number of likely N-dealkylation sites (N-methyl/N-ethyl adjacent to an activating group) is 1. The number of fused-ring (bicyclic) bond motifs is 3. The molecule has 138 valence electrons. The molecule has 0 unspecified atom stereocenters. The largest absolute Gasteiger partial charge is 0.464 e. The van der Waals surface area contributed by atoms with Gasteiger partial charge in [-0.3, -0.25) is 4.79 Å². The standard InChI is InChI=1S/C20H21NO4.CH4/c1-14(22)24-12-11-21(2)20(23)25-13-19-17-9-5-3-7-15(17)16-8-4-6-10-18(16)19;/h3-10,19H,11-13H2,1-2H3;1H4. The van der Waals surface area contributed by atoms with E-state index >= 15 is 0 Å². The van der Waals surface area contributed by atoms with E-state index in [0.717, 1.165) is 0 Å². The summed E-state index contributed by atoms with van der Waals surface area (Å²) in [5.41, 5.74) is 4.75. The highest BCUT2D eigenvalue weighted by atomic mass is 16.6. The Morgan fingerprint density at radius 1 is 0.962 bits per heavy atom. The molecule has 0 spiro atoms. The molecule has 0 saturated heterocycles. The number of nitrogens with zero attached hydrogens (tertiary/aromatic N) is 1. The average molecular weight is 355 g/mol. The van der Waals surface area contributed by atoms with Crippen molar-refractivity contribution in [2.75, 3.05) is 26.8 Å². The summed E-state index contributed by atoms with van der Waals surface area (Å²) >= 11 is 0. The van der Waals surface area contributed by atoms with Crippen molar-refractivity contribution < 1.29 is 19.1 Å². The summed E-state index contributed by atoms with van der Waals surface area (Å²) in [6, 6.07) is 16.4. The molecule has 0 saturated carbocycles. The summed E-state index contributed by atoms with van der Waals surface area (Å²) in [4.78, 5) is 24.3. The van der Waals surface area contributed by atoms with Crippen LogP contribution in [0.2, 0.25) is 0 Å². The third-order valence-corrected chi connectivity index (χ3v) is 4.38. The van der Waals surface area contributed by atoms with E-state index in [-0.39, 0.29) is 32.5 Å². The van der Waals surface area contributed by atoms with Gasteiger partial charge in [-0.25, -0.2) is 4.79 Å². The topological polar surface area (TPSA) is 55.8 Å². The first-order valence-corrected chi connectivity index (χ1v) is 8.27. The van der Waals surface area contributed by atoms with Gasteiger partial charge in [0.2, 0.25) is 0 Å². The van der Waals surface area contributed by atoms with Crippen molar-refractivity contribution >= 4 is 12.1 Å². The van der Waals surface area contributed by atoms with Crippen molar-refractivity contribution in [1.29, 1.82) is 0 Å². The number of rotatable bonds is 5. The first kappa shape index (κ1) is 19.5. The number of ether oxygens (including phenoxy) is 2. The van der Waals surface area contributed by atoms with E-state index in [1.807, 2.05) is 24.3 Å². The monoisotopic (exact) mass is 355 g/mol. The molecule has 0 N–H and O–H groups in total. The highest BCUT2D eigenvalue weighted by molar-refractivity contribution is 5.79. The van der Waals surface area contributed by atoms with Crippen molar-refractivity contribution in [3.05, 3.63) is 59.7 Å². The molecule has 0 atom stereocenters. The van der Waals surface area contributed by atoms with E-state index in [9.17, 15) is 9.59 Å². The van der Waals surface area contributed by atoms with Crippen molar-refractivity contribution in [3.8, 4) is 11.1 Å². The first-order chi connectivity index (χ1) is 12.1. The SMILES string of the molecule is C.CC(=O)OCCN(C)C(=O)OCC1c2ccccc2-c2ccccc21. The first-order valence-electron chi connectivity index (χ1n) is 8.27. The van der Waals surface area contributed by atoms with Gasteiger partial charge in [-0.2, -0.15) is 0 Å². The molecule has 3 rings (SSSR count). The number of hydrogen-bond donors (Lipinski definition) is 0. The van der Waals surface area contributed by atoms with Crippen LogP contribution in [0.5, 0.6) is 0 Å². The normalized spacial score (nSPS) is 11.8. The Balaban J connectivity index is 0.00000243. The van der Waals surface area contributed by atoms with E-state index in [0.29, 0.717) is 6.54 Å². The maximum Gasteiger partial charge on any atom is 0.409 e. The van der Waals surface area contributed by atoms with E-state index in [1.54, 1.807) is 7.05 Å². The third kappa shape index (κ3) is 4.04. The molecule has 0 bridgehead atoms. The lowest BCUT2D eigenvalue weighted by Gasteiger charge is -2.19. The second-order valence-electron chi connectivity index (χ2n) is 6.07. The van der Waals surface area contributed by atoms with Gasteiger partial charge in [-0.05, 0) is 22.3 Å². The molecule has 1 aliphatic carbocycles. The van der Waals surface area contributed by atoms with Crippen LogP contribution in [0.1, 0.15) is 31.4 Å². The Bertz CT molecular complexity index is 742. The molecule has 0 heterocycles. The zero-order chi connectivity index (χ0) is 17.8. The molecule has 2 aromatic carbocycles. The van der Waals surface area contributed by atoms with Crippen LogP contribution >= 0.6 is 0 Å². The minimum absolute atomic E-state index is 0. The van der Waals surface area contributed by atoms with Gasteiger partial charge in [0.25, 0.3) is 0 Å². The fourth-order valence-electron chi connectivity index (χ4n) is 3.12. The zero-order valence-electron chi connectivity index (χ0n) is 14.4.